The van der Waals surface area contributed by atoms with Crippen molar-refractivity contribution in [2.45, 2.75) is 65.6 Å². The quantitative estimate of drug-likeness (QED) is 0.242. The highest BCUT2D eigenvalue weighted by atomic mass is 79.9. The fourth-order valence-electron chi connectivity index (χ4n) is 2.82. The second-order valence-electron chi connectivity index (χ2n) is 10.6. The Balaban J connectivity index is 0.000000697. The monoisotopic (exact) mass is 646 g/mol. The van der Waals surface area contributed by atoms with Gasteiger partial charge in [0.15, 0.2) is 0 Å². The predicted octanol–water partition coefficient (Wildman–Crippen LogP) is 6.91. The second-order valence-corrected chi connectivity index (χ2v) is 11.4. The zero-order valence-corrected chi connectivity index (χ0v) is 26.5. The van der Waals surface area contributed by atoms with Gasteiger partial charge in [-0.25, -0.2) is 14.0 Å². The highest BCUT2D eigenvalue weighted by Gasteiger charge is 2.16. The van der Waals surface area contributed by atoms with Crippen LogP contribution in [0.3, 0.4) is 0 Å². The van der Waals surface area contributed by atoms with E-state index in [0.29, 0.717) is 37.0 Å². The number of rotatable bonds is 10. The zero-order chi connectivity index (χ0) is 31.3. The average molecular weight is 648 g/mol. The first-order valence-electron chi connectivity index (χ1n) is 13.3. The molecule has 0 aromatic heterocycles. The van der Waals surface area contributed by atoms with Gasteiger partial charge in [-0.1, -0.05) is 40.2 Å². The van der Waals surface area contributed by atoms with E-state index in [9.17, 15) is 18.4 Å². The lowest BCUT2D eigenvalue weighted by molar-refractivity contribution is 0.0517. The molecule has 0 fully saturated rings. The van der Waals surface area contributed by atoms with E-state index < -0.39 is 30.1 Å². The second kappa shape index (κ2) is 20.7. The van der Waals surface area contributed by atoms with Crippen molar-refractivity contribution in [3.8, 4) is 11.5 Å². The van der Waals surface area contributed by atoms with E-state index in [2.05, 4.69) is 26.6 Å². The third-order valence-corrected chi connectivity index (χ3v) is 4.74. The van der Waals surface area contributed by atoms with Crippen molar-refractivity contribution in [2.75, 3.05) is 38.4 Å². The van der Waals surface area contributed by atoms with Crippen LogP contribution in [0.15, 0.2) is 48.5 Å². The van der Waals surface area contributed by atoms with Crippen LogP contribution in [0.4, 0.5) is 18.4 Å². The Morgan fingerprint density at radius 3 is 1.49 bits per heavy atom. The Morgan fingerprint density at radius 1 is 0.756 bits per heavy atom. The molecule has 0 aliphatic heterocycles. The van der Waals surface area contributed by atoms with E-state index in [-0.39, 0.29) is 19.0 Å². The first kappa shape index (κ1) is 37.9. The summed E-state index contributed by atoms with van der Waals surface area (Å²) in [6.07, 6.45) is 0.582. The van der Waals surface area contributed by atoms with E-state index in [4.69, 9.17) is 19.3 Å². The predicted molar refractivity (Wildman–Crippen MR) is 162 cm³/mol. The number of carbonyl (C=O) groups is 2. The van der Waals surface area contributed by atoms with Crippen molar-refractivity contribution in [3.05, 3.63) is 59.7 Å². The number of nitrogens with one attached hydrogen (secondary N) is 2. The number of halogens is 3. The minimum absolute atomic E-state index is 0.0690. The standard InChI is InChI=1S/C15H22FNO3.C13H19NO3.C2H4BrF/c1-15(2,3)20-14(18)17-10-8-12-4-6-13(7-5-12)19-11-9-16;1-13(2,3)17-12(16)14-9-8-10-4-6-11(15)7-5-10;3-1-2-4/h4-7H,8-11H2,1-3H3,(H,17,18);4-7,15H,8-9H2,1-3H3,(H,14,16);1-2H2. The minimum atomic E-state index is -0.498. The Labute approximate surface area is 251 Å². The summed E-state index contributed by atoms with van der Waals surface area (Å²) in [5.74, 6) is 0.889. The molecule has 0 bridgehead atoms. The Morgan fingerprint density at radius 2 is 1.15 bits per heavy atom. The number of alkyl carbamates (subject to hydrolysis) is 2. The molecule has 0 saturated heterocycles. The van der Waals surface area contributed by atoms with Gasteiger partial charge in [-0.2, -0.15) is 0 Å². The maximum Gasteiger partial charge on any atom is 0.407 e. The molecule has 0 radical (unpaired) electrons. The van der Waals surface area contributed by atoms with Gasteiger partial charge >= 0.3 is 12.2 Å². The van der Waals surface area contributed by atoms with Gasteiger partial charge in [0.2, 0.25) is 0 Å². The number of ether oxygens (including phenoxy) is 3. The summed E-state index contributed by atoms with van der Waals surface area (Å²) in [7, 11) is 0. The van der Waals surface area contributed by atoms with Gasteiger partial charge in [-0.05, 0) is 89.8 Å². The average Bonchev–Trinajstić information content (AvgIpc) is 2.88. The summed E-state index contributed by atoms with van der Waals surface area (Å²) in [4.78, 5) is 22.8. The van der Waals surface area contributed by atoms with E-state index in [0.717, 1.165) is 11.1 Å². The van der Waals surface area contributed by atoms with Gasteiger partial charge in [0.1, 0.15) is 36.0 Å². The first-order chi connectivity index (χ1) is 19.2. The molecule has 2 aromatic rings. The number of carbonyl (C=O) groups excluding carboxylic acids is 2. The number of aromatic hydroxyl groups is 1. The molecule has 0 unspecified atom stereocenters. The number of amides is 2. The molecule has 0 heterocycles. The Bertz CT molecular complexity index is 976. The number of hydrogen-bond donors (Lipinski definition) is 3. The van der Waals surface area contributed by atoms with Gasteiger partial charge < -0.3 is 30.0 Å². The molecule has 0 atom stereocenters. The normalized spacial score (nSPS) is 10.7. The number of benzene rings is 2. The van der Waals surface area contributed by atoms with Crippen molar-refractivity contribution < 1.29 is 37.7 Å². The third-order valence-electron chi connectivity index (χ3n) is 4.44. The van der Waals surface area contributed by atoms with E-state index >= 15 is 0 Å². The molecular formula is C30H45BrF2N2O6. The largest absolute Gasteiger partial charge is 0.508 e. The summed E-state index contributed by atoms with van der Waals surface area (Å²) >= 11 is 2.87. The van der Waals surface area contributed by atoms with Crippen LogP contribution in [0.1, 0.15) is 52.7 Å². The molecule has 0 spiro atoms. The molecule has 2 aromatic carbocycles. The summed E-state index contributed by atoms with van der Waals surface area (Å²) in [6, 6.07) is 14.3. The summed E-state index contributed by atoms with van der Waals surface area (Å²) in [5, 5.41) is 14.9. The van der Waals surface area contributed by atoms with Crippen LogP contribution in [0.2, 0.25) is 0 Å². The Hall–Kier alpha value is -3.08. The lowest BCUT2D eigenvalue weighted by atomic mass is 10.1. The molecule has 11 heteroatoms. The molecule has 0 aliphatic carbocycles. The van der Waals surface area contributed by atoms with Gasteiger partial charge in [0.05, 0.1) is 6.67 Å². The summed E-state index contributed by atoms with van der Waals surface area (Å²) in [6.45, 7) is 11.3. The SMILES string of the molecule is CC(C)(C)OC(=O)NCCc1ccc(O)cc1.CC(C)(C)OC(=O)NCCc1ccc(OCCF)cc1.FCCBr. The first-order valence-corrected chi connectivity index (χ1v) is 14.4. The lowest BCUT2D eigenvalue weighted by Gasteiger charge is -2.19. The van der Waals surface area contributed by atoms with E-state index in [1.807, 2.05) is 65.8 Å². The molecule has 2 rings (SSSR count). The number of phenolic OH excluding ortho intramolecular Hbond substituents is 1. The lowest BCUT2D eigenvalue weighted by Crippen LogP contribution is -2.33. The summed E-state index contributed by atoms with van der Waals surface area (Å²) < 4.78 is 38.0. The maximum atomic E-state index is 11.9. The fraction of sp³-hybridized carbons (Fsp3) is 0.533. The van der Waals surface area contributed by atoms with Crippen LogP contribution in [0, 0.1) is 0 Å². The van der Waals surface area contributed by atoms with Crippen LogP contribution in [-0.4, -0.2) is 66.9 Å². The number of hydrogen-bond acceptors (Lipinski definition) is 6. The number of alkyl halides is 3. The molecule has 3 N–H and O–H groups in total. The fourth-order valence-corrected chi connectivity index (χ4v) is 2.82. The maximum absolute atomic E-state index is 11.9. The minimum Gasteiger partial charge on any atom is -0.508 e. The molecule has 8 nitrogen and oxygen atoms in total. The molecule has 0 aliphatic rings. The van der Waals surface area contributed by atoms with Crippen molar-refractivity contribution in [2.24, 2.45) is 0 Å². The van der Waals surface area contributed by atoms with Crippen LogP contribution >= 0.6 is 15.9 Å². The summed E-state index contributed by atoms with van der Waals surface area (Å²) in [5.41, 5.74) is 1.16. The smallest absolute Gasteiger partial charge is 0.407 e. The zero-order valence-electron chi connectivity index (χ0n) is 24.9. The van der Waals surface area contributed by atoms with Crippen molar-refractivity contribution in [1.29, 1.82) is 0 Å². The molecule has 232 valence electrons. The van der Waals surface area contributed by atoms with Gasteiger partial charge in [0, 0.05) is 18.4 Å². The Kier molecular flexibility index (Phi) is 19.2. The van der Waals surface area contributed by atoms with Gasteiger partial charge in [-0.3, -0.25) is 4.39 Å². The van der Waals surface area contributed by atoms with Gasteiger partial charge in [0.25, 0.3) is 0 Å². The third kappa shape index (κ3) is 23.3. The van der Waals surface area contributed by atoms with Gasteiger partial charge in [-0.15, -0.1) is 0 Å². The topological polar surface area (TPSA) is 106 Å². The molecule has 41 heavy (non-hydrogen) atoms. The molecule has 0 saturated carbocycles. The van der Waals surface area contributed by atoms with Crippen molar-refractivity contribution >= 4 is 28.1 Å². The van der Waals surface area contributed by atoms with E-state index in [1.54, 1.807) is 24.3 Å². The van der Waals surface area contributed by atoms with Crippen molar-refractivity contribution in [3.63, 3.8) is 0 Å². The molecule has 2 amide bonds. The van der Waals surface area contributed by atoms with E-state index in [1.165, 1.54) is 0 Å². The molecular weight excluding hydrogens is 602 g/mol. The highest BCUT2D eigenvalue weighted by molar-refractivity contribution is 9.09. The van der Waals surface area contributed by atoms with Crippen molar-refractivity contribution in [1.82, 2.24) is 10.6 Å². The van der Waals surface area contributed by atoms with Crippen LogP contribution < -0.4 is 15.4 Å². The number of phenols is 1. The van der Waals surface area contributed by atoms with Crippen LogP contribution in [0.5, 0.6) is 11.5 Å². The highest BCUT2D eigenvalue weighted by Crippen LogP contribution is 2.13. The van der Waals surface area contributed by atoms with Crippen LogP contribution in [-0.2, 0) is 22.3 Å². The van der Waals surface area contributed by atoms with Crippen LogP contribution in [0.25, 0.3) is 0 Å².